The molecule has 0 fully saturated rings. The quantitative estimate of drug-likeness (QED) is 0.726. The second-order valence-corrected chi connectivity index (χ2v) is 4.86. The van der Waals surface area contributed by atoms with Crippen molar-refractivity contribution in [1.82, 2.24) is 14.3 Å². The minimum atomic E-state index is -0.189. The van der Waals surface area contributed by atoms with Crippen LogP contribution in [0.25, 0.3) is 17.1 Å². The zero-order chi connectivity index (χ0) is 14.1. The van der Waals surface area contributed by atoms with Gasteiger partial charge in [-0.15, -0.1) is 5.10 Å². The Hall–Kier alpha value is -2.33. The van der Waals surface area contributed by atoms with Crippen LogP contribution in [0.3, 0.4) is 0 Å². The molecule has 100 valence electrons. The van der Waals surface area contributed by atoms with E-state index in [2.05, 4.69) is 5.10 Å². The molecule has 1 aromatic heterocycles. The molecular formula is C15H12ClN3O. The first-order valence-electron chi connectivity index (χ1n) is 6.14. The van der Waals surface area contributed by atoms with Crippen LogP contribution in [0.4, 0.5) is 0 Å². The summed E-state index contributed by atoms with van der Waals surface area (Å²) in [5, 5.41) is 5.03. The summed E-state index contributed by atoms with van der Waals surface area (Å²) in [6.07, 6.45) is 0. The molecule has 0 N–H and O–H groups in total. The number of rotatable bonds is 2. The predicted octanol–water partition coefficient (Wildman–Crippen LogP) is 2.89. The average Bonchev–Trinajstić information content (AvgIpc) is 2.77. The molecular weight excluding hydrogens is 274 g/mol. The summed E-state index contributed by atoms with van der Waals surface area (Å²) >= 11 is 5.86. The van der Waals surface area contributed by atoms with Gasteiger partial charge in [0.1, 0.15) is 0 Å². The van der Waals surface area contributed by atoms with Gasteiger partial charge < -0.3 is 0 Å². The fourth-order valence-electron chi connectivity index (χ4n) is 2.03. The van der Waals surface area contributed by atoms with Gasteiger partial charge in [-0.2, -0.15) is 4.68 Å². The maximum absolute atomic E-state index is 12.3. The SMILES string of the molecule is Cn1c(-c2ccccc2)nn(-c2ccc(Cl)cc2)c1=O. The lowest BCUT2D eigenvalue weighted by atomic mass is 10.2. The van der Waals surface area contributed by atoms with Crippen LogP contribution in [-0.2, 0) is 7.05 Å². The molecule has 0 unspecified atom stereocenters. The molecule has 4 nitrogen and oxygen atoms in total. The van der Waals surface area contributed by atoms with Crippen LogP contribution in [0.2, 0.25) is 5.02 Å². The van der Waals surface area contributed by atoms with Crippen molar-refractivity contribution in [2.24, 2.45) is 7.05 Å². The minimum Gasteiger partial charge on any atom is -0.278 e. The molecule has 0 atom stereocenters. The van der Waals surface area contributed by atoms with Crippen LogP contribution >= 0.6 is 11.6 Å². The van der Waals surface area contributed by atoms with Gasteiger partial charge in [0.2, 0.25) is 0 Å². The van der Waals surface area contributed by atoms with Crippen LogP contribution in [-0.4, -0.2) is 14.3 Å². The van der Waals surface area contributed by atoms with Crippen molar-refractivity contribution < 1.29 is 0 Å². The average molecular weight is 286 g/mol. The van der Waals surface area contributed by atoms with Gasteiger partial charge in [0.05, 0.1) is 5.69 Å². The largest absolute Gasteiger partial charge is 0.350 e. The van der Waals surface area contributed by atoms with Gasteiger partial charge in [0, 0.05) is 17.6 Å². The molecule has 0 saturated carbocycles. The van der Waals surface area contributed by atoms with E-state index in [4.69, 9.17) is 11.6 Å². The molecule has 2 aromatic carbocycles. The fourth-order valence-corrected chi connectivity index (χ4v) is 2.15. The number of hydrogen-bond donors (Lipinski definition) is 0. The summed E-state index contributed by atoms with van der Waals surface area (Å²) in [7, 11) is 1.71. The Morgan fingerprint density at radius 3 is 2.30 bits per heavy atom. The van der Waals surface area contributed by atoms with Crippen molar-refractivity contribution in [1.29, 1.82) is 0 Å². The lowest BCUT2D eigenvalue weighted by molar-refractivity contribution is 0.799. The summed E-state index contributed by atoms with van der Waals surface area (Å²) in [6.45, 7) is 0. The normalized spacial score (nSPS) is 10.7. The number of hydrogen-bond acceptors (Lipinski definition) is 2. The third kappa shape index (κ3) is 2.14. The van der Waals surface area contributed by atoms with Gasteiger partial charge in [0.15, 0.2) is 5.82 Å². The van der Waals surface area contributed by atoms with E-state index in [1.165, 1.54) is 9.25 Å². The van der Waals surface area contributed by atoms with Crippen LogP contribution in [0.15, 0.2) is 59.4 Å². The van der Waals surface area contributed by atoms with E-state index in [1.807, 2.05) is 30.3 Å². The summed E-state index contributed by atoms with van der Waals surface area (Å²) in [5.41, 5.74) is 1.41. The van der Waals surface area contributed by atoms with Gasteiger partial charge in [0.25, 0.3) is 0 Å². The number of halogens is 1. The first-order valence-corrected chi connectivity index (χ1v) is 6.52. The van der Waals surface area contributed by atoms with Gasteiger partial charge >= 0.3 is 5.69 Å². The van der Waals surface area contributed by atoms with Crippen molar-refractivity contribution in [3.05, 3.63) is 70.1 Å². The van der Waals surface area contributed by atoms with E-state index in [-0.39, 0.29) is 5.69 Å². The first-order chi connectivity index (χ1) is 9.66. The second-order valence-electron chi connectivity index (χ2n) is 4.42. The first kappa shape index (κ1) is 12.7. The highest BCUT2D eigenvalue weighted by Crippen LogP contribution is 2.16. The maximum Gasteiger partial charge on any atom is 0.350 e. The highest BCUT2D eigenvalue weighted by Gasteiger charge is 2.12. The molecule has 3 aromatic rings. The molecule has 0 aliphatic heterocycles. The van der Waals surface area contributed by atoms with Crippen LogP contribution < -0.4 is 5.69 Å². The Bertz CT molecular complexity index is 788. The van der Waals surface area contributed by atoms with Gasteiger partial charge in [-0.05, 0) is 24.3 Å². The van der Waals surface area contributed by atoms with Crippen molar-refractivity contribution in [3.63, 3.8) is 0 Å². The van der Waals surface area contributed by atoms with Crippen LogP contribution in [0.1, 0.15) is 0 Å². The van der Waals surface area contributed by atoms with E-state index >= 15 is 0 Å². The summed E-state index contributed by atoms with van der Waals surface area (Å²) in [5.74, 6) is 0.630. The smallest absolute Gasteiger partial charge is 0.278 e. The Morgan fingerprint density at radius 2 is 1.65 bits per heavy atom. The standard InChI is InChI=1S/C15H12ClN3O/c1-18-14(11-5-3-2-4-6-11)17-19(15(18)20)13-9-7-12(16)8-10-13/h2-10H,1H3. The lowest BCUT2D eigenvalue weighted by Crippen LogP contribution is -2.21. The Morgan fingerprint density at radius 1 is 1.00 bits per heavy atom. The molecule has 3 rings (SSSR count). The van der Waals surface area contributed by atoms with E-state index in [1.54, 1.807) is 31.3 Å². The Labute approximate surface area is 120 Å². The summed E-state index contributed by atoms with van der Waals surface area (Å²) < 4.78 is 2.91. The van der Waals surface area contributed by atoms with E-state index in [9.17, 15) is 4.79 Å². The zero-order valence-corrected chi connectivity index (χ0v) is 11.6. The number of nitrogens with zero attached hydrogens (tertiary/aromatic N) is 3. The molecule has 0 spiro atoms. The lowest BCUT2D eigenvalue weighted by Gasteiger charge is -1.99. The second kappa shape index (κ2) is 4.98. The predicted molar refractivity (Wildman–Crippen MR) is 79.3 cm³/mol. The van der Waals surface area contributed by atoms with Crippen molar-refractivity contribution in [3.8, 4) is 17.1 Å². The molecule has 20 heavy (non-hydrogen) atoms. The zero-order valence-electron chi connectivity index (χ0n) is 10.8. The van der Waals surface area contributed by atoms with Gasteiger partial charge in [-0.25, -0.2) is 4.79 Å². The van der Waals surface area contributed by atoms with E-state index in [0.29, 0.717) is 16.5 Å². The van der Waals surface area contributed by atoms with E-state index < -0.39 is 0 Å². The van der Waals surface area contributed by atoms with Crippen LogP contribution in [0, 0.1) is 0 Å². The third-order valence-electron chi connectivity index (χ3n) is 3.08. The molecule has 0 aliphatic carbocycles. The Kier molecular flexibility index (Phi) is 3.16. The number of aromatic nitrogens is 3. The fraction of sp³-hybridized carbons (Fsp3) is 0.0667. The van der Waals surface area contributed by atoms with Crippen molar-refractivity contribution in [2.75, 3.05) is 0 Å². The van der Waals surface area contributed by atoms with Crippen LogP contribution in [0.5, 0.6) is 0 Å². The highest BCUT2D eigenvalue weighted by atomic mass is 35.5. The van der Waals surface area contributed by atoms with Crippen molar-refractivity contribution in [2.45, 2.75) is 0 Å². The third-order valence-corrected chi connectivity index (χ3v) is 3.34. The molecule has 0 amide bonds. The van der Waals surface area contributed by atoms with Gasteiger partial charge in [-0.1, -0.05) is 41.9 Å². The monoisotopic (exact) mass is 285 g/mol. The highest BCUT2D eigenvalue weighted by molar-refractivity contribution is 6.30. The molecule has 0 saturated heterocycles. The molecule has 0 radical (unpaired) electrons. The van der Waals surface area contributed by atoms with E-state index in [0.717, 1.165) is 5.56 Å². The Balaban J connectivity index is 2.16. The van der Waals surface area contributed by atoms with Crippen molar-refractivity contribution >= 4 is 11.6 Å². The summed E-state index contributed by atoms with van der Waals surface area (Å²) in [4.78, 5) is 12.3. The summed E-state index contributed by atoms with van der Waals surface area (Å²) in [6, 6.07) is 16.6. The maximum atomic E-state index is 12.3. The molecule has 0 aliphatic rings. The molecule has 0 bridgehead atoms. The number of benzene rings is 2. The molecule has 1 heterocycles. The minimum absolute atomic E-state index is 0.189. The molecule has 5 heteroatoms. The topological polar surface area (TPSA) is 39.8 Å². The van der Waals surface area contributed by atoms with Gasteiger partial charge in [-0.3, -0.25) is 4.57 Å².